The minimum Gasteiger partial charge on any atom is -0.352 e. The van der Waals surface area contributed by atoms with Gasteiger partial charge in [0, 0.05) is 16.2 Å². The standard InChI is InChI=1S/C18H25BrN2O2/c1-12-9-10-14(11-15(12)19)21-17(23)18(2,3)16(22)20-13-7-5-4-6-8-13/h9-11,13H,4-8H2,1-3H3,(H,20,22)(H,21,23). The van der Waals surface area contributed by atoms with E-state index in [0.717, 1.165) is 35.7 Å². The van der Waals surface area contributed by atoms with Gasteiger partial charge in [0.1, 0.15) is 5.41 Å². The van der Waals surface area contributed by atoms with E-state index in [9.17, 15) is 9.59 Å². The number of amides is 2. The molecule has 1 aliphatic carbocycles. The molecule has 0 atom stereocenters. The smallest absolute Gasteiger partial charge is 0.239 e. The molecule has 0 aromatic heterocycles. The summed E-state index contributed by atoms with van der Waals surface area (Å²) in [5, 5.41) is 5.88. The fourth-order valence-corrected chi connectivity index (χ4v) is 3.05. The fraction of sp³-hybridized carbons (Fsp3) is 0.556. The maximum absolute atomic E-state index is 12.5. The Kier molecular flexibility index (Phi) is 5.84. The lowest BCUT2D eigenvalue weighted by molar-refractivity contribution is -0.139. The zero-order valence-corrected chi connectivity index (χ0v) is 15.6. The molecule has 1 aromatic rings. The molecule has 0 saturated heterocycles. The second-order valence-electron chi connectivity index (χ2n) is 6.85. The van der Waals surface area contributed by atoms with Gasteiger partial charge in [0.05, 0.1) is 0 Å². The van der Waals surface area contributed by atoms with Crippen LogP contribution in [0.15, 0.2) is 22.7 Å². The molecule has 2 N–H and O–H groups in total. The first-order chi connectivity index (χ1) is 10.8. The highest BCUT2D eigenvalue weighted by molar-refractivity contribution is 9.10. The number of aryl methyl sites for hydroxylation is 1. The van der Waals surface area contributed by atoms with Crippen LogP contribution in [0, 0.1) is 12.3 Å². The number of rotatable bonds is 4. The van der Waals surface area contributed by atoms with E-state index in [2.05, 4.69) is 26.6 Å². The Morgan fingerprint density at radius 2 is 1.78 bits per heavy atom. The largest absolute Gasteiger partial charge is 0.352 e. The third-order valence-corrected chi connectivity index (χ3v) is 5.36. The molecule has 4 nitrogen and oxygen atoms in total. The van der Waals surface area contributed by atoms with Crippen molar-refractivity contribution < 1.29 is 9.59 Å². The van der Waals surface area contributed by atoms with E-state index in [0.29, 0.717) is 5.69 Å². The molecule has 1 aromatic carbocycles. The number of hydrogen-bond donors (Lipinski definition) is 2. The van der Waals surface area contributed by atoms with Crippen LogP contribution in [0.2, 0.25) is 0 Å². The minimum absolute atomic E-state index is 0.201. The van der Waals surface area contributed by atoms with Crippen LogP contribution in [0.4, 0.5) is 5.69 Å². The molecule has 0 heterocycles. The zero-order chi connectivity index (χ0) is 17.0. The number of halogens is 1. The molecule has 0 unspecified atom stereocenters. The van der Waals surface area contributed by atoms with E-state index < -0.39 is 5.41 Å². The Bertz CT molecular complexity index is 593. The van der Waals surface area contributed by atoms with Crippen molar-refractivity contribution in [3.05, 3.63) is 28.2 Å². The van der Waals surface area contributed by atoms with Crippen LogP contribution in [0.3, 0.4) is 0 Å². The lowest BCUT2D eigenvalue weighted by Gasteiger charge is -2.28. The molecule has 0 aliphatic heterocycles. The predicted molar refractivity (Wildman–Crippen MR) is 96.3 cm³/mol. The van der Waals surface area contributed by atoms with Gasteiger partial charge in [-0.25, -0.2) is 0 Å². The van der Waals surface area contributed by atoms with Gasteiger partial charge in [-0.2, -0.15) is 0 Å². The quantitative estimate of drug-likeness (QED) is 0.769. The van der Waals surface area contributed by atoms with Gasteiger partial charge in [0.15, 0.2) is 0 Å². The maximum atomic E-state index is 12.5. The monoisotopic (exact) mass is 380 g/mol. The van der Waals surface area contributed by atoms with Crippen molar-refractivity contribution in [1.82, 2.24) is 5.32 Å². The second kappa shape index (κ2) is 7.47. The van der Waals surface area contributed by atoms with Crippen molar-refractivity contribution in [2.24, 2.45) is 5.41 Å². The van der Waals surface area contributed by atoms with Crippen LogP contribution < -0.4 is 10.6 Å². The highest BCUT2D eigenvalue weighted by Gasteiger charge is 2.37. The maximum Gasteiger partial charge on any atom is 0.239 e. The van der Waals surface area contributed by atoms with Gasteiger partial charge in [0.25, 0.3) is 0 Å². The number of carbonyl (C=O) groups is 2. The van der Waals surface area contributed by atoms with E-state index >= 15 is 0 Å². The first-order valence-electron chi connectivity index (χ1n) is 8.19. The molecule has 2 rings (SSSR count). The van der Waals surface area contributed by atoms with Crippen LogP contribution in [-0.2, 0) is 9.59 Å². The van der Waals surface area contributed by atoms with Crippen LogP contribution in [0.5, 0.6) is 0 Å². The van der Waals surface area contributed by atoms with Crippen LogP contribution in [-0.4, -0.2) is 17.9 Å². The number of carbonyl (C=O) groups excluding carboxylic acids is 2. The number of anilines is 1. The third kappa shape index (κ3) is 4.56. The molecule has 1 fully saturated rings. The van der Waals surface area contributed by atoms with Gasteiger partial charge in [0.2, 0.25) is 11.8 Å². The topological polar surface area (TPSA) is 58.2 Å². The van der Waals surface area contributed by atoms with E-state index in [-0.39, 0.29) is 17.9 Å². The zero-order valence-electron chi connectivity index (χ0n) is 14.0. The van der Waals surface area contributed by atoms with Crippen molar-refractivity contribution in [2.75, 3.05) is 5.32 Å². The van der Waals surface area contributed by atoms with Gasteiger partial charge >= 0.3 is 0 Å². The molecule has 2 amide bonds. The Morgan fingerprint density at radius 3 is 2.39 bits per heavy atom. The summed E-state index contributed by atoms with van der Waals surface area (Å²) in [6.07, 6.45) is 5.55. The molecule has 1 saturated carbocycles. The van der Waals surface area contributed by atoms with Gasteiger partial charge in [-0.15, -0.1) is 0 Å². The van der Waals surface area contributed by atoms with Crippen LogP contribution in [0.1, 0.15) is 51.5 Å². The summed E-state index contributed by atoms with van der Waals surface area (Å²) in [7, 11) is 0. The predicted octanol–water partition coefficient (Wildman–Crippen LogP) is 4.17. The molecule has 23 heavy (non-hydrogen) atoms. The van der Waals surface area contributed by atoms with Crippen molar-refractivity contribution in [2.45, 2.75) is 58.9 Å². The summed E-state index contributed by atoms with van der Waals surface area (Å²) >= 11 is 3.45. The normalized spacial score (nSPS) is 16.0. The Labute approximate surface area is 146 Å². The molecule has 126 valence electrons. The molecular formula is C18H25BrN2O2. The Hall–Kier alpha value is -1.36. The molecule has 0 spiro atoms. The Morgan fingerprint density at radius 1 is 1.13 bits per heavy atom. The SMILES string of the molecule is Cc1ccc(NC(=O)C(C)(C)C(=O)NC2CCCCC2)cc1Br. The van der Waals surface area contributed by atoms with Crippen LogP contribution >= 0.6 is 15.9 Å². The van der Waals surface area contributed by atoms with Gasteiger partial charge in [-0.1, -0.05) is 41.3 Å². The third-order valence-electron chi connectivity index (χ3n) is 4.51. The number of hydrogen-bond acceptors (Lipinski definition) is 2. The second-order valence-corrected chi connectivity index (χ2v) is 7.71. The first kappa shape index (κ1) is 18.0. The van der Waals surface area contributed by atoms with Crippen molar-refractivity contribution in [3.63, 3.8) is 0 Å². The summed E-state index contributed by atoms with van der Waals surface area (Å²) in [5.74, 6) is -0.491. The van der Waals surface area contributed by atoms with Gasteiger partial charge < -0.3 is 10.6 Å². The molecule has 1 aliphatic rings. The van der Waals surface area contributed by atoms with E-state index in [1.165, 1.54) is 6.42 Å². The van der Waals surface area contributed by atoms with E-state index in [1.807, 2.05) is 25.1 Å². The molecule has 0 radical (unpaired) electrons. The summed E-state index contributed by atoms with van der Waals surface area (Å²) < 4.78 is 0.930. The summed E-state index contributed by atoms with van der Waals surface area (Å²) in [6, 6.07) is 5.82. The van der Waals surface area contributed by atoms with E-state index in [4.69, 9.17) is 0 Å². The van der Waals surface area contributed by atoms with Crippen molar-refractivity contribution >= 4 is 33.4 Å². The lowest BCUT2D eigenvalue weighted by Crippen LogP contribution is -2.49. The van der Waals surface area contributed by atoms with Crippen LogP contribution in [0.25, 0.3) is 0 Å². The Balaban J connectivity index is 2.00. The average molecular weight is 381 g/mol. The van der Waals surface area contributed by atoms with Gasteiger partial charge in [-0.05, 0) is 51.3 Å². The van der Waals surface area contributed by atoms with Gasteiger partial charge in [-0.3, -0.25) is 9.59 Å². The highest BCUT2D eigenvalue weighted by Crippen LogP contribution is 2.25. The van der Waals surface area contributed by atoms with E-state index in [1.54, 1.807) is 13.8 Å². The first-order valence-corrected chi connectivity index (χ1v) is 8.98. The van der Waals surface area contributed by atoms with Crippen molar-refractivity contribution in [3.8, 4) is 0 Å². The molecule has 5 heteroatoms. The summed E-state index contributed by atoms with van der Waals surface area (Å²) in [5.41, 5.74) is 0.678. The summed E-state index contributed by atoms with van der Waals surface area (Å²) in [4.78, 5) is 25.0. The number of benzene rings is 1. The molecule has 0 bridgehead atoms. The minimum atomic E-state index is -1.10. The number of nitrogens with one attached hydrogen (secondary N) is 2. The average Bonchev–Trinajstić information content (AvgIpc) is 2.51. The van der Waals surface area contributed by atoms with Crippen molar-refractivity contribution in [1.29, 1.82) is 0 Å². The summed E-state index contributed by atoms with van der Waals surface area (Å²) in [6.45, 7) is 5.32. The fourth-order valence-electron chi connectivity index (χ4n) is 2.67. The molecular weight excluding hydrogens is 356 g/mol. The lowest BCUT2D eigenvalue weighted by atomic mass is 9.88. The highest BCUT2D eigenvalue weighted by atomic mass is 79.9.